The molecule has 0 fully saturated rings. The Morgan fingerprint density at radius 2 is 2.00 bits per heavy atom. The summed E-state index contributed by atoms with van der Waals surface area (Å²) in [5.74, 6) is 0.923. The van der Waals surface area contributed by atoms with Crippen LogP contribution in [0.2, 0.25) is 0 Å². The predicted molar refractivity (Wildman–Crippen MR) is 77.1 cm³/mol. The molecule has 0 aliphatic rings. The summed E-state index contributed by atoms with van der Waals surface area (Å²) in [6.07, 6.45) is 3.69. The van der Waals surface area contributed by atoms with Crippen molar-refractivity contribution in [1.82, 2.24) is 10.3 Å². The van der Waals surface area contributed by atoms with E-state index in [0.29, 0.717) is 12.6 Å². The summed E-state index contributed by atoms with van der Waals surface area (Å²) in [5.41, 5.74) is 2.45. The van der Waals surface area contributed by atoms with Crippen LogP contribution in [-0.4, -0.2) is 11.6 Å². The number of hydrogen-bond acceptors (Lipinski definition) is 3. The fourth-order valence-corrected chi connectivity index (χ4v) is 1.89. The van der Waals surface area contributed by atoms with Crippen LogP contribution in [0.4, 0.5) is 0 Å². The molecule has 19 heavy (non-hydrogen) atoms. The zero-order chi connectivity index (χ0) is 13.5. The smallest absolute Gasteiger partial charge is 0.119 e. The van der Waals surface area contributed by atoms with Crippen molar-refractivity contribution in [2.75, 3.05) is 6.61 Å². The van der Waals surface area contributed by atoms with E-state index in [4.69, 9.17) is 4.74 Å². The molecule has 0 spiro atoms. The van der Waals surface area contributed by atoms with E-state index in [1.165, 1.54) is 11.1 Å². The van der Waals surface area contributed by atoms with Gasteiger partial charge in [-0.05, 0) is 43.2 Å². The Hall–Kier alpha value is -1.87. The highest BCUT2D eigenvalue weighted by Crippen LogP contribution is 2.14. The molecular weight excluding hydrogens is 236 g/mol. The summed E-state index contributed by atoms with van der Waals surface area (Å²) in [7, 11) is 0. The molecule has 3 heteroatoms. The zero-order valence-corrected chi connectivity index (χ0v) is 11.5. The molecule has 1 atom stereocenters. The minimum absolute atomic E-state index is 0.292. The highest BCUT2D eigenvalue weighted by molar-refractivity contribution is 5.27. The maximum atomic E-state index is 5.43. The van der Waals surface area contributed by atoms with Gasteiger partial charge in [0.2, 0.25) is 0 Å². The van der Waals surface area contributed by atoms with Gasteiger partial charge in [-0.25, -0.2) is 0 Å². The molecule has 0 bridgehead atoms. The van der Waals surface area contributed by atoms with Crippen LogP contribution in [0.5, 0.6) is 5.75 Å². The Bertz CT molecular complexity index is 482. The van der Waals surface area contributed by atoms with Crippen molar-refractivity contribution in [3.63, 3.8) is 0 Å². The van der Waals surface area contributed by atoms with E-state index in [1.807, 2.05) is 31.3 Å². The van der Waals surface area contributed by atoms with Gasteiger partial charge in [0.25, 0.3) is 0 Å². The zero-order valence-electron chi connectivity index (χ0n) is 11.5. The van der Waals surface area contributed by atoms with Crippen molar-refractivity contribution in [3.05, 3.63) is 59.9 Å². The van der Waals surface area contributed by atoms with E-state index in [0.717, 1.165) is 12.3 Å². The third-order valence-electron chi connectivity index (χ3n) is 3.03. The average molecular weight is 256 g/mol. The Morgan fingerprint density at radius 1 is 1.21 bits per heavy atom. The Labute approximate surface area is 114 Å². The van der Waals surface area contributed by atoms with Crippen molar-refractivity contribution in [2.45, 2.75) is 26.4 Å². The minimum atomic E-state index is 0.292. The normalized spacial score (nSPS) is 12.1. The highest BCUT2D eigenvalue weighted by Gasteiger charge is 2.04. The van der Waals surface area contributed by atoms with Crippen molar-refractivity contribution >= 4 is 0 Å². The van der Waals surface area contributed by atoms with Gasteiger partial charge in [-0.1, -0.05) is 18.2 Å². The topological polar surface area (TPSA) is 34.1 Å². The fraction of sp³-hybridized carbons (Fsp3) is 0.312. The summed E-state index contributed by atoms with van der Waals surface area (Å²) in [6.45, 7) is 5.68. The number of nitrogens with one attached hydrogen (secondary N) is 1. The first-order valence-corrected chi connectivity index (χ1v) is 6.64. The second-order valence-electron chi connectivity index (χ2n) is 4.47. The molecule has 1 aromatic heterocycles. The largest absolute Gasteiger partial charge is 0.494 e. The third kappa shape index (κ3) is 4.07. The van der Waals surface area contributed by atoms with Gasteiger partial charge in [0.15, 0.2) is 0 Å². The molecule has 3 nitrogen and oxygen atoms in total. The number of aromatic nitrogens is 1. The second-order valence-corrected chi connectivity index (χ2v) is 4.47. The van der Waals surface area contributed by atoms with Gasteiger partial charge in [0.05, 0.1) is 6.61 Å². The van der Waals surface area contributed by atoms with Gasteiger partial charge < -0.3 is 10.1 Å². The first kappa shape index (κ1) is 13.6. The molecule has 1 heterocycles. The van der Waals surface area contributed by atoms with Crippen LogP contribution in [0.25, 0.3) is 0 Å². The lowest BCUT2D eigenvalue weighted by atomic mass is 10.1. The molecule has 1 unspecified atom stereocenters. The van der Waals surface area contributed by atoms with E-state index in [1.54, 1.807) is 6.20 Å². The van der Waals surface area contributed by atoms with E-state index in [9.17, 15) is 0 Å². The number of nitrogens with zero attached hydrogens (tertiary/aromatic N) is 1. The molecule has 1 N–H and O–H groups in total. The average Bonchev–Trinajstić information content (AvgIpc) is 2.47. The van der Waals surface area contributed by atoms with Crippen LogP contribution >= 0.6 is 0 Å². The number of ether oxygens (including phenoxy) is 1. The lowest BCUT2D eigenvalue weighted by Gasteiger charge is -2.14. The van der Waals surface area contributed by atoms with Crippen LogP contribution in [-0.2, 0) is 6.54 Å². The molecule has 0 radical (unpaired) electrons. The van der Waals surface area contributed by atoms with Crippen LogP contribution in [0.3, 0.4) is 0 Å². The van der Waals surface area contributed by atoms with Crippen molar-refractivity contribution in [2.24, 2.45) is 0 Å². The van der Waals surface area contributed by atoms with Crippen LogP contribution in [0.1, 0.15) is 31.0 Å². The van der Waals surface area contributed by atoms with E-state index >= 15 is 0 Å². The summed E-state index contributed by atoms with van der Waals surface area (Å²) in [5, 5.41) is 3.49. The first-order chi connectivity index (χ1) is 9.29. The monoisotopic (exact) mass is 256 g/mol. The number of hydrogen-bond donors (Lipinski definition) is 1. The number of benzene rings is 1. The van der Waals surface area contributed by atoms with Crippen molar-refractivity contribution < 1.29 is 4.74 Å². The molecule has 0 saturated heterocycles. The van der Waals surface area contributed by atoms with Gasteiger partial charge in [0.1, 0.15) is 5.75 Å². The lowest BCUT2D eigenvalue weighted by molar-refractivity contribution is 0.340. The molecule has 0 saturated carbocycles. The lowest BCUT2D eigenvalue weighted by Crippen LogP contribution is -2.18. The van der Waals surface area contributed by atoms with Crippen molar-refractivity contribution in [3.8, 4) is 5.75 Å². The number of rotatable bonds is 6. The van der Waals surface area contributed by atoms with E-state index in [2.05, 4.69) is 35.4 Å². The van der Waals surface area contributed by atoms with Gasteiger partial charge in [0, 0.05) is 25.0 Å². The molecule has 0 amide bonds. The molecule has 0 aliphatic heterocycles. The Kier molecular flexibility index (Phi) is 4.93. The molecule has 100 valence electrons. The third-order valence-corrected chi connectivity index (χ3v) is 3.03. The van der Waals surface area contributed by atoms with Crippen LogP contribution in [0.15, 0.2) is 48.8 Å². The quantitative estimate of drug-likeness (QED) is 0.860. The van der Waals surface area contributed by atoms with E-state index < -0.39 is 0 Å². The standard InChI is InChI=1S/C16H20N2O/c1-3-19-16-8-6-14(7-9-16)11-18-13(2)15-5-4-10-17-12-15/h4-10,12-13,18H,3,11H2,1-2H3. The minimum Gasteiger partial charge on any atom is -0.494 e. The summed E-state index contributed by atoms with van der Waals surface area (Å²) >= 11 is 0. The molecule has 0 aliphatic carbocycles. The highest BCUT2D eigenvalue weighted by atomic mass is 16.5. The summed E-state index contributed by atoms with van der Waals surface area (Å²) < 4.78 is 5.43. The first-order valence-electron chi connectivity index (χ1n) is 6.64. The Morgan fingerprint density at radius 3 is 2.63 bits per heavy atom. The van der Waals surface area contributed by atoms with Gasteiger partial charge in [-0.15, -0.1) is 0 Å². The predicted octanol–water partition coefficient (Wildman–Crippen LogP) is 3.33. The summed E-state index contributed by atoms with van der Waals surface area (Å²) in [6, 6.07) is 12.5. The van der Waals surface area contributed by atoms with Crippen LogP contribution < -0.4 is 10.1 Å². The molecule has 2 aromatic rings. The Balaban J connectivity index is 1.88. The molecular formula is C16H20N2O. The van der Waals surface area contributed by atoms with E-state index in [-0.39, 0.29) is 0 Å². The maximum Gasteiger partial charge on any atom is 0.119 e. The fourth-order valence-electron chi connectivity index (χ4n) is 1.89. The molecule has 2 rings (SSSR count). The van der Waals surface area contributed by atoms with Gasteiger partial charge >= 0.3 is 0 Å². The van der Waals surface area contributed by atoms with Gasteiger partial charge in [-0.2, -0.15) is 0 Å². The molecule has 1 aromatic carbocycles. The van der Waals surface area contributed by atoms with Gasteiger partial charge in [-0.3, -0.25) is 4.98 Å². The van der Waals surface area contributed by atoms with Crippen molar-refractivity contribution in [1.29, 1.82) is 0 Å². The number of pyridine rings is 1. The second kappa shape index (κ2) is 6.90. The summed E-state index contributed by atoms with van der Waals surface area (Å²) in [4.78, 5) is 4.14. The maximum absolute atomic E-state index is 5.43. The van der Waals surface area contributed by atoms with Crippen LogP contribution in [0, 0.1) is 0 Å². The SMILES string of the molecule is CCOc1ccc(CNC(C)c2cccnc2)cc1.